The van der Waals surface area contributed by atoms with Crippen molar-refractivity contribution in [3.63, 3.8) is 0 Å². The Morgan fingerprint density at radius 1 is 1.05 bits per heavy atom. The first-order chi connectivity index (χ1) is 26.5. The number of carbonyl (C=O) groups excluding carboxylic acids is 1. The number of amides is 1. The monoisotopic (exact) mass is 757 g/mol. The highest BCUT2D eigenvalue weighted by atomic mass is 19.1. The van der Waals surface area contributed by atoms with Crippen LogP contribution in [0.1, 0.15) is 65.4 Å². The van der Waals surface area contributed by atoms with Gasteiger partial charge >= 0.3 is 12.1 Å². The zero-order valence-electron chi connectivity index (χ0n) is 32.2. The Labute approximate surface area is 319 Å². The molecule has 0 aliphatic carbocycles. The number of ether oxygens (including phenoxy) is 5. The minimum Gasteiger partial charge on any atom is -0.490 e. The fraction of sp³-hybridized carbons (Fsp3) is 0.548. The van der Waals surface area contributed by atoms with Gasteiger partial charge in [-0.3, -0.25) is 9.80 Å². The second-order valence-corrected chi connectivity index (χ2v) is 16.8. The van der Waals surface area contributed by atoms with Gasteiger partial charge in [0.15, 0.2) is 12.6 Å². The van der Waals surface area contributed by atoms with Crippen molar-refractivity contribution < 1.29 is 37.3 Å². The average Bonchev–Trinajstić information content (AvgIpc) is 3.76. The number of piperazine rings is 1. The Kier molecular flexibility index (Phi) is 8.95. The van der Waals surface area contributed by atoms with E-state index < -0.39 is 23.1 Å². The van der Waals surface area contributed by atoms with E-state index in [1.807, 2.05) is 49.9 Å². The molecule has 4 fully saturated rings. The maximum Gasteiger partial charge on any atom is 0.410 e. The molecule has 4 aromatic rings. The van der Waals surface area contributed by atoms with Gasteiger partial charge in [-0.15, -0.1) is 0 Å². The Bertz CT molecular complexity index is 2160. The first-order valence-electron chi connectivity index (χ1n) is 19.6. The molecular formula is C42H49F2N5O6. The van der Waals surface area contributed by atoms with Crippen LogP contribution in [0, 0.1) is 5.82 Å². The number of hydrogen-bond acceptors (Lipinski definition) is 10. The van der Waals surface area contributed by atoms with Gasteiger partial charge in [0.1, 0.15) is 47.8 Å². The van der Waals surface area contributed by atoms with Gasteiger partial charge in [-0.2, -0.15) is 9.97 Å². The third kappa shape index (κ3) is 6.18. The first kappa shape index (κ1) is 36.2. The SMILES string of the molecule is CCc1cccc2cc(OCOC)cc(-c3cc4c5c(nc(OC[C@@]67CCCN6C[C@@H](F)C7)nc5c3F)N3C[C@@H]5CC[C@H]([C@H]3CO4)N5C(=O)OC(C)(C)C)c12. The van der Waals surface area contributed by atoms with Crippen LogP contribution in [-0.2, 0) is 15.9 Å². The number of carbonyl (C=O) groups is 1. The van der Waals surface area contributed by atoms with Crippen molar-refractivity contribution in [2.45, 2.75) is 102 Å². The number of benzene rings is 3. The van der Waals surface area contributed by atoms with Gasteiger partial charge in [0.05, 0.1) is 29.1 Å². The summed E-state index contributed by atoms with van der Waals surface area (Å²) in [5.41, 5.74) is 0.992. The van der Waals surface area contributed by atoms with Crippen LogP contribution in [0.25, 0.3) is 32.8 Å². The molecule has 9 rings (SSSR count). The number of anilines is 1. The molecule has 2 bridgehead atoms. The molecule has 0 radical (unpaired) electrons. The Morgan fingerprint density at radius 3 is 2.71 bits per heavy atom. The first-order valence-corrected chi connectivity index (χ1v) is 19.6. The van der Waals surface area contributed by atoms with Crippen LogP contribution in [0.3, 0.4) is 0 Å². The number of fused-ring (bicyclic) bond motifs is 7. The number of rotatable bonds is 8. The highest BCUT2D eigenvalue weighted by molar-refractivity contribution is 6.05. The summed E-state index contributed by atoms with van der Waals surface area (Å²) in [4.78, 5) is 29.7. The zero-order chi connectivity index (χ0) is 38.2. The lowest BCUT2D eigenvalue weighted by molar-refractivity contribution is 0.00544. The summed E-state index contributed by atoms with van der Waals surface area (Å²) in [5.74, 6) is 0.959. The predicted octanol–water partition coefficient (Wildman–Crippen LogP) is 7.44. The molecule has 5 atom stereocenters. The third-order valence-electron chi connectivity index (χ3n) is 12.2. The molecule has 5 aliphatic rings. The molecule has 1 aromatic heterocycles. The maximum absolute atomic E-state index is 17.6. The Hall–Kier alpha value is -4.49. The van der Waals surface area contributed by atoms with E-state index in [0.717, 1.165) is 55.0 Å². The fourth-order valence-corrected chi connectivity index (χ4v) is 9.89. The highest BCUT2D eigenvalue weighted by Crippen LogP contribution is 2.48. The highest BCUT2D eigenvalue weighted by Gasteiger charge is 2.52. The van der Waals surface area contributed by atoms with Crippen molar-refractivity contribution in [2.75, 3.05) is 51.7 Å². The second-order valence-electron chi connectivity index (χ2n) is 16.8. The van der Waals surface area contributed by atoms with Gasteiger partial charge < -0.3 is 28.6 Å². The van der Waals surface area contributed by atoms with Crippen LogP contribution >= 0.6 is 0 Å². The van der Waals surface area contributed by atoms with Crippen LogP contribution in [0.4, 0.5) is 19.4 Å². The Balaban J connectivity index is 1.20. The lowest BCUT2D eigenvalue weighted by atomic mass is 9.92. The topological polar surface area (TPSA) is 98.7 Å². The van der Waals surface area contributed by atoms with Crippen molar-refractivity contribution in [1.82, 2.24) is 19.8 Å². The molecule has 0 N–H and O–H groups in total. The van der Waals surface area contributed by atoms with Gasteiger partial charge in [0.25, 0.3) is 0 Å². The van der Waals surface area contributed by atoms with E-state index in [9.17, 15) is 9.18 Å². The molecule has 0 saturated carbocycles. The minimum atomic E-state index is -0.922. The number of aromatic nitrogens is 2. The number of hydrogen-bond donors (Lipinski definition) is 0. The fourth-order valence-electron chi connectivity index (χ4n) is 9.89. The van der Waals surface area contributed by atoms with E-state index in [4.69, 9.17) is 33.7 Å². The van der Waals surface area contributed by atoms with Gasteiger partial charge in [-0.05, 0) is 99.5 Å². The number of methoxy groups -OCH3 is 1. The van der Waals surface area contributed by atoms with E-state index >= 15 is 4.39 Å². The lowest BCUT2D eigenvalue weighted by Gasteiger charge is -2.46. The number of halogens is 2. The van der Waals surface area contributed by atoms with Crippen LogP contribution in [0.2, 0.25) is 0 Å². The van der Waals surface area contributed by atoms with E-state index in [2.05, 4.69) is 22.8 Å². The predicted molar refractivity (Wildman–Crippen MR) is 204 cm³/mol. The minimum absolute atomic E-state index is 0.0338. The zero-order valence-corrected chi connectivity index (χ0v) is 32.2. The molecule has 11 nitrogen and oxygen atoms in total. The normalized spacial score (nSPS) is 25.9. The summed E-state index contributed by atoms with van der Waals surface area (Å²) in [7, 11) is 1.56. The van der Waals surface area contributed by atoms with Crippen molar-refractivity contribution in [2.24, 2.45) is 0 Å². The van der Waals surface area contributed by atoms with E-state index in [1.165, 1.54) is 0 Å². The van der Waals surface area contributed by atoms with Crippen LogP contribution in [0.15, 0.2) is 36.4 Å². The standard InChI is InChI=1S/C42H49F2N5O6/c1-6-24-9-7-10-25-15-28(54-23-51-5)16-29(34(24)25)30-17-33-35-37(36(30)44)45-39(53-22-42-13-8-14-47(42)19-26(43)18-42)46-38(35)48-20-27-11-12-31(32(48)21-52-33)49(27)40(50)55-41(2,3)4/h7,9-10,15-17,26-27,31-32H,6,8,11-14,18-23H2,1-5H3/t26-,27-,31+,32+,42-/m0/s1. The van der Waals surface area contributed by atoms with Crippen molar-refractivity contribution >= 4 is 33.6 Å². The number of aryl methyl sites for hydroxylation is 1. The molecular weight excluding hydrogens is 708 g/mol. The number of nitrogens with zero attached hydrogens (tertiary/aromatic N) is 5. The number of alkyl halides is 1. The molecule has 1 amide bonds. The summed E-state index contributed by atoms with van der Waals surface area (Å²) in [6.45, 7) is 9.83. The van der Waals surface area contributed by atoms with Crippen molar-refractivity contribution in [3.05, 3.63) is 47.8 Å². The molecule has 0 unspecified atom stereocenters. The molecule has 13 heteroatoms. The Morgan fingerprint density at radius 2 is 1.91 bits per heavy atom. The second kappa shape index (κ2) is 13.6. The van der Waals surface area contributed by atoms with Gasteiger partial charge in [0.2, 0.25) is 0 Å². The third-order valence-corrected chi connectivity index (χ3v) is 12.2. The lowest BCUT2D eigenvalue weighted by Crippen LogP contribution is -2.63. The smallest absolute Gasteiger partial charge is 0.410 e. The summed E-state index contributed by atoms with van der Waals surface area (Å²) in [6, 6.07) is 11.0. The van der Waals surface area contributed by atoms with E-state index in [-0.39, 0.29) is 55.8 Å². The summed E-state index contributed by atoms with van der Waals surface area (Å²) >= 11 is 0. The molecule has 6 heterocycles. The van der Waals surface area contributed by atoms with Crippen molar-refractivity contribution in [1.29, 1.82) is 0 Å². The largest absolute Gasteiger partial charge is 0.490 e. The molecule has 0 spiro atoms. The van der Waals surface area contributed by atoms with Crippen LogP contribution < -0.4 is 19.1 Å². The summed E-state index contributed by atoms with van der Waals surface area (Å²) in [5, 5.41) is 2.27. The van der Waals surface area contributed by atoms with Gasteiger partial charge in [-0.1, -0.05) is 25.1 Å². The summed E-state index contributed by atoms with van der Waals surface area (Å²) in [6.07, 6.45) is 3.20. The molecule has 4 saturated heterocycles. The summed E-state index contributed by atoms with van der Waals surface area (Å²) < 4.78 is 62.6. The quantitative estimate of drug-likeness (QED) is 0.169. The van der Waals surface area contributed by atoms with Crippen molar-refractivity contribution in [3.8, 4) is 28.6 Å². The average molecular weight is 758 g/mol. The van der Waals surface area contributed by atoms with Crippen LogP contribution in [0.5, 0.6) is 17.5 Å². The van der Waals surface area contributed by atoms with Gasteiger partial charge in [-0.25, -0.2) is 13.6 Å². The molecule has 55 heavy (non-hydrogen) atoms. The molecule has 5 aliphatic heterocycles. The van der Waals surface area contributed by atoms with Gasteiger partial charge in [0, 0.05) is 32.2 Å². The van der Waals surface area contributed by atoms with E-state index in [1.54, 1.807) is 13.2 Å². The molecule has 3 aromatic carbocycles. The maximum atomic E-state index is 17.6. The molecule has 292 valence electrons. The van der Waals surface area contributed by atoms with Crippen LogP contribution in [-0.4, -0.2) is 108 Å². The van der Waals surface area contributed by atoms with E-state index in [0.29, 0.717) is 53.3 Å².